The van der Waals surface area contributed by atoms with Crippen LogP contribution in [-0.2, 0) is 9.53 Å². The van der Waals surface area contributed by atoms with Crippen LogP contribution in [0.15, 0.2) is 23.3 Å². The van der Waals surface area contributed by atoms with E-state index in [4.69, 9.17) is 14.5 Å². The van der Waals surface area contributed by atoms with Crippen LogP contribution in [-0.4, -0.2) is 120 Å². The number of nitrogens with one attached hydrogen (secondary N) is 1. The fourth-order valence-electron chi connectivity index (χ4n) is 6.35. The standard InChI is InChI=1S/C28H34N6O6/c35-25-23-15-31(5-6-34(23)27(37)30-25)28(38)33-13-20-11-32(12-21(20)14-33)26(36)19-9-22(18-1-2-18)29-24(10-19)40-16-17-3-7-39-8-4-17/h9-10,17-18,23H,1-8,11-16H2,(H,30,35,37). The Balaban J connectivity index is 0.968. The third-order valence-electron chi connectivity index (χ3n) is 8.90. The Bertz CT molecular complexity index is 1270. The smallest absolute Gasteiger partial charge is 0.324 e. The van der Waals surface area contributed by atoms with E-state index in [9.17, 15) is 19.2 Å². The van der Waals surface area contributed by atoms with Crippen molar-refractivity contribution in [1.29, 1.82) is 0 Å². The molecule has 7 rings (SSSR count). The number of carbonyl (C=O) groups is 4. The molecular weight excluding hydrogens is 516 g/mol. The molecule has 0 spiro atoms. The van der Waals surface area contributed by atoms with Gasteiger partial charge in [0.15, 0.2) is 0 Å². The number of urea groups is 2. The molecule has 5 aliphatic heterocycles. The zero-order valence-corrected chi connectivity index (χ0v) is 22.5. The Morgan fingerprint density at radius 2 is 1.68 bits per heavy atom. The summed E-state index contributed by atoms with van der Waals surface area (Å²) in [6.07, 6.45) is 4.13. The van der Waals surface area contributed by atoms with Crippen LogP contribution < -0.4 is 10.1 Å². The van der Waals surface area contributed by atoms with Crippen molar-refractivity contribution in [2.45, 2.75) is 37.6 Å². The number of rotatable bonds is 5. The van der Waals surface area contributed by atoms with E-state index in [1.54, 1.807) is 15.9 Å². The average Bonchev–Trinajstić information content (AvgIpc) is 3.55. The minimum absolute atomic E-state index is 0.0412. The number of hydrogen-bond acceptors (Lipinski definition) is 7. The van der Waals surface area contributed by atoms with Crippen molar-refractivity contribution in [2.24, 2.45) is 5.92 Å². The highest BCUT2D eigenvalue weighted by Gasteiger charge is 2.44. The van der Waals surface area contributed by atoms with Gasteiger partial charge in [-0.1, -0.05) is 0 Å². The highest BCUT2D eigenvalue weighted by atomic mass is 16.5. The van der Waals surface area contributed by atoms with Crippen LogP contribution in [0.4, 0.5) is 9.59 Å². The summed E-state index contributed by atoms with van der Waals surface area (Å²) in [6.45, 7) is 4.96. The van der Waals surface area contributed by atoms with Crippen molar-refractivity contribution < 1.29 is 28.7 Å². The highest BCUT2D eigenvalue weighted by Crippen LogP contribution is 2.40. The highest BCUT2D eigenvalue weighted by molar-refractivity contribution is 6.04. The van der Waals surface area contributed by atoms with Gasteiger partial charge in [0.05, 0.1) is 13.2 Å². The van der Waals surface area contributed by atoms with E-state index in [0.29, 0.717) is 69.2 Å². The molecule has 1 unspecified atom stereocenters. The number of ether oxygens (including phenoxy) is 2. The first-order chi connectivity index (χ1) is 19.4. The van der Waals surface area contributed by atoms with Crippen LogP contribution in [0.1, 0.15) is 47.7 Å². The molecule has 1 atom stereocenters. The van der Waals surface area contributed by atoms with Gasteiger partial charge in [-0.2, -0.15) is 0 Å². The number of pyridine rings is 1. The zero-order chi connectivity index (χ0) is 27.4. The molecule has 1 N–H and O–H groups in total. The largest absolute Gasteiger partial charge is 0.477 e. The first-order valence-electron chi connectivity index (χ1n) is 14.3. The number of fused-ring (bicyclic) bond motifs is 1. The second kappa shape index (κ2) is 10.1. The van der Waals surface area contributed by atoms with Crippen LogP contribution >= 0.6 is 0 Å². The third kappa shape index (κ3) is 4.78. The van der Waals surface area contributed by atoms with E-state index in [0.717, 1.165) is 55.7 Å². The Morgan fingerprint density at radius 1 is 0.950 bits per heavy atom. The van der Waals surface area contributed by atoms with Crippen molar-refractivity contribution in [3.05, 3.63) is 34.5 Å². The quantitative estimate of drug-likeness (QED) is 0.431. The molecular formula is C28H34N6O6. The first-order valence-corrected chi connectivity index (χ1v) is 14.3. The van der Waals surface area contributed by atoms with Crippen LogP contribution in [0, 0.1) is 5.92 Å². The Morgan fingerprint density at radius 3 is 2.40 bits per heavy atom. The lowest BCUT2D eigenvalue weighted by molar-refractivity contribution is -0.122. The summed E-state index contributed by atoms with van der Waals surface area (Å²) >= 11 is 0. The van der Waals surface area contributed by atoms with Gasteiger partial charge in [-0.05, 0) is 48.8 Å². The molecule has 6 aliphatic rings. The molecule has 0 aromatic carbocycles. The van der Waals surface area contributed by atoms with E-state index >= 15 is 0 Å². The summed E-state index contributed by atoms with van der Waals surface area (Å²) in [5.74, 6) is 0.970. The molecule has 212 valence electrons. The monoisotopic (exact) mass is 550 g/mol. The maximum Gasteiger partial charge on any atom is 0.324 e. The normalized spacial score (nSPS) is 24.9. The lowest BCUT2D eigenvalue weighted by atomic mass is 10.0. The van der Waals surface area contributed by atoms with Gasteiger partial charge >= 0.3 is 12.1 Å². The van der Waals surface area contributed by atoms with E-state index in [2.05, 4.69) is 5.32 Å². The van der Waals surface area contributed by atoms with Crippen molar-refractivity contribution >= 4 is 23.9 Å². The molecule has 40 heavy (non-hydrogen) atoms. The summed E-state index contributed by atoms with van der Waals surface area (Å²) in [5.41, 5.74) is 3.74. The van der Waals surface area contributed by atoms with E-state index in [-0.39, 0.29) is 30.4 Å². The SMILES string of the molecule is O=C1NC(=O)N2CCN(C(=O)N3CC4=C(CN(C(=O)c5cc(OCC6CCOCC6)nc(C6CC6)c5)C4)C3)CC12. The lowest BCUT2D eigenvalue weighted by Crippen LogP contribution is -2.57. The van der Waals surface area contributed by atoms with Gasteiger partial charge in [0, 0.05) is 75.7 Å². The number of carbonyl (C=O) groups excluding carboxylic acids is 4. The second-order valence-corrected chi connectivity index (χ2v) is 11.7. The molecule has 12 nitrogen and oxygen atoms in total. The number of nitrogens with zero attached hydrogens (tertiary/aromatic N) is 5. The van der Waals surface area contributed by atoms with Crippen molar-refractivity contribution in [3.8, 4) is 5.88 Å². The molecule has 0 radical (unpaired) electrons. The lowest BCUT2D eigenvalue weighted by Gasteiger charge is -2.37. The fraction of sp³-hybridized carbons (Fsp3) is 0.607. The summed E-state index contributed by atoms with van der Waals surface area (Å²) in [5, 5.41) is 2.32. The molecule has 12 heteroatoms. The summed E-state index contributed by atoms with van der Waals surface area (Å²) in [7, 11) is 0. The number of hydrogen-bond donors (Lipinski definition) is 1. The third-order valence-corrected chi connectivity index (χ3v) is 8.90. The van der Waals surface area contributed by atoms with Gasteiger partial charge in [0.1, 0.15) is 6.04 Å². The summed E-state index contributed by atoms with van der Waals surface area (Å²) in [6, 6.07) is 2.56. The molecule has 6 heterocycles. The average molecular weight is 551 g/mol. The predicted octanol–water partition coefficient (Wildman–Crippen LogP) is 1.19. The minimum atomic E-state index is -0.618. The van der Waals surface area contributed by atoms with Crippen molar-refractivity contribution in [3.63, 3.8) is 0 Å². The topological polar surface area (TPSA) is 125 Å². The van der Waals surface area contributed by atoms with Gasteiger partial charge in [-0.3, -0.25) is 14.9 Å². The number of amides is 6. The van der Waals surface area contributed by atoms with Crippen LogP contribution in [0.5, 0.6) is 5.88 Å². The van der Waals surface area contributed by atoms with E-state index in [1.165, 1.54) is 4.90 Å². The maximum atomic E-state index is 13.6. The number of piperazine rings is 1. The molecule has 1 aromatic rings. The van der Waals surface area contributed by atoms with Gasteiger partial charge in [0.2, 0.25) is 5.88 Å². The van der Waals surface area contributed by atoms with E-state index in [1.807, 2.05) is 11.0 Å². The van der Waals surface area contributed by atoms with Crippen LogP contribution in [0.3, 0.4) is 0 Å². The summed E-state index contributed by atoms with van der Waals surface area (Å²) in [4.78, 5) is 62.3. The van der Waals surface area contributed by atoms with E-state index < -0.39 is 6.04 Å². The summed E-state index contributed by atoms with van der Waals surface area (Å²) < 4.78 is 11.5. The van der Waals surface area contributed by atoms with Crippen LogP contribution in [0.2, 0.25) is 0 Å². The second-order valence-electron chi connectivity index (χ2n) is 11.7. The molecule has 6 amide bonds. The van der Waals surface area contributed by atoms with Gasteiger partial charge in [-0.15, -0.1) is 0 Å². The van der Waals surface area contributed by atoms with Gasteiger partial charge in [-0.25, -0.2) is 14.6 Å². The van der Waals surface area contributed by atoms with Crippen molar-refractivity contribution in [2.75, 3.05) is 65.6 Å². The Labute approximate surface area is 232 Å². The molecule has 0 bridgehead atoms. The molecule has 3 saturated heterocycles. The Kier molecular flexibility index (Phi) is 6.37. The predicted molar refractivity (Wildman–Crippen MR) is 141 cm³/mol. The molecule has 1 aromatic heterocycles. The maximum absolute atomic E-state index is 13.6. The van der Waals surface area contributed by atoms with Gasteiger partial charge < -0.3 is 29.1 Å². The van der Waals surface area contributed by atoms with Gasteiger partial charge in [0.25, 0.3) is 11.8 Å². The zero-order valence-electron chi connectivity index (χ0n) is 22.5. The first kappa shape index (κ1) is 25.3. The molecule has 1 saturated carbocycles. The number of aromatic nitrogens is 1. The molecule has 1 aliphatic carbocycles. The molecule has 4 fully saturated rings. The Hall–Kier alpha value is -3.67. The minimum Gasteiger partial charge on any atom is -0.477 e. The number of imide groups is 1. The van der Waals surface area contributed by atoms with Crippen LogP contribution in [0.25, 0.3) is 0 Å². The van der Waals surface area contributed by atoms with Crippen molar-refractivity contribution in [1.82, 2.24) is 29.9 Å². The fourth-order valence-corrected chi connectivity index (χ4v) is 6.35.